The number of H-pyrrole nitrogens is 1. The zero-order valence-corrected chi connectivity index (χ0v) is 26.2. The number of hydrogen-bond acceptors (Lipinski definition) is 6. The Labute approximate surface area is 279 Å². The molecule has 0 aliphatic carbocycles. The fourth-order valence-electron chi connectivity index (χ4n) is 4.15. The van der Waals surface area contributed by atoms with Gasteiger partial charge in [0.25, 0.3) is 0 Å². The lowest BCUT2D eigenvalue weighted by Crippen LogP contribution is -2.29. The van der Waals surface area contributed by atoms with Gasteiger partial charge in [-0.2, -0.15) is 10.2 Å². The van der Waals surface area contributed by atoms with Gasteiger partial charge in [-0.05, 0) is 106 Å². The first kappa shape index (κ1) is 36.6. The van der Waals surface area contributed by atoms with Gasteiger partial charge in [0.05, 0.1) is 33.9 Å². The van der Waals surface area contributed by atoms with E-state index in [-0.39, 0.29) is 19.1 Å². The van der Waals surface area contributed by atoms with Crippen molar-refractivity contribution in [3.05, 3.63) is 154 Å². The molecule has 0 aliphatic rings. The van der Waals surface area contributed by atoms with Crippen LogP contribution in [0.3, 0.4) is 0 Å². The van der Waals surface area contributed by atoms with Gasteiger partial charge in [0, 0.05) is 18.1 Å². The number of rotatable bonds is 2. The van der Waals surface area contributed by atoms with E-state index < -0.39 is 7.12 Å². The molecule has 0 atom stereocenters. The minimum atomic E-state index is -1.51. The SMILES string of the molecule is C.Cc1n[nH]c(C)c1C#Cc1ccccn1.Cc1nn(-c2ccc(F)cc2)c(C)c1C#Cc1ccccn1.OB(O)c1ccc(F)cc1. The molecular weight excluding hydrogens is 609 g/mol. The summed E-state index contributed by atoms with van der Waals surface area (Å²) in [5, 5.41) is 28.6. The highest BCUT2D eigenvalue weighted by Crippen LogP contribution is 2.17. The maximum absolute atomic E-state index is 13.0. The zero-order valence-electron chi connectivity index (χ0n) is 26.2. The van der Waals surface area contributed by atoms with Crippen LogP contribution in [0, 0.1) is 63.0 Å². The van der Waals surface area contributed by atoms with E-state index in [1.165, 1.54) is 36.4 Å². The van der Waals surface area contributed by atoms with Crippen LogP contribution in [0.15, 0.2) is 97.3 Å². The summed E-state index contributed by atoms with van der Waals surface area (Å²) >= 11 is 0. The van der Waals surface area contributed by atoms with Crippen LogP contribution in [-0.2, 0) is 0 Å². The van der Waals surface area contributed by atoms with Crippen LogP contribution in [0.25, 0.3) is 5.69 Å². The second kappa shape index (κ2) is 17.7. The molecule has 0 bridgehead atoms. The fraction of sp³-hybridized carbons (Fsp3) is 0.135. The Balaban J connectivity index is 0.000000209. The molecule has 0 unspecified atom stereocenters. The first-order chi connectivity index (χ1) is 22.6. The summed E-state index contributed by atoms with van der Waals surface area (Å²) in [6, 6.07) is 22.5. The molecule has 0 amide bonds. The highest BCUT2D eigenvalue weighted by Gasteiger charge is 2.11. The zero-order chi connectivity index (χ0) is 33.8. The topological polar surface area (TPSA) is 113 Å². The Morgan fingerprint density at radius 3 is 1.65 bits per heavy atom. The molecule has 0 saturated carbocycles. The number of nitrogens with zero attached hydrogens (tertiary/aromatic N) is 5. The number of nitrogens with one attached hydrogen (secondary N) is 1. The summed E-state index contributed by atoms with van der Waals surface area (Å²) in [4.78, 5) is 8.32. The normalized spacial score (nSPS) is 9.58. The van der Waals surface area contributed by atoms with Crippen molar-refractivity contribution >= 4 is 12.6 Å². The third-order valence-electron chi connectivity index (χ3n) is 6.62. The van der Waals surface area contributed by atoms with Gasteiger partial charge in [0.1, 0.15) is 23.0 Å². The number of halogens is 2. The lowest BCUT2D eigenvalue weighted by atomic mass is 9.80. The van der Waals surface area contributed by atoms with E-state index in [4.69, 9.17) is 10.0 Å². The highest BCUT2D eigenvalue weighted by atomic mass is 19.1. The van der Waals surface area contributed by atoms with Crippen molar-refractivity contribution < 1.29 is 18.8 Å². The third-order valence-corrected chi connectivity index (χ3v) is 6.62. The number of hydrogen-bond donors (Lipinski definition) is 3. The van der Waals surface area contributed by atoms with E-state index >= 15 is 0 Å². The van der Waals surface area contributed by atoms with E-state index in [1.807, 2.05) is 64.1 Å². The van der Waals surface area contributed by atoms with Crippen LogP contribution in [0.1, 0.15) is 52.7 Å². The van der Waals surface area contributed by atoms with Crippen molar-refractivity contribution in [1.82, 2.24) is 29.9 Å². The van der Waals surface area contributed by atoms with Crippen LogP contribution >= 0.6 is 0 Å². The average Bonchev–Trinajstić information content (AvgIpc) is 3.56. The lowest BCUT2D eigenvalue weighted by Gasteiger charge is -2.03. The number of aryl methyl sites for hydroxylation is 3. The molecule has 0 radical (unpaired) electrons. The van der Waals surface area contributed by atoms with E-state index in [1.54, 1.807) is 29.2 Å². The fourth-order valence-corrected chi connectivity index (χ4v) is 4.15. The van der Waals surface area contributed by atoms with Crippen LogP contribution in [0.4, 0.5) is 8.78 Å². The molecule has 0 spiro atoms. The van der Waals surface area contributed by atoms with Crippen molar-refractivity contribution in [2.75, 3.05) is 0 Å². The second-order valence-electron chi connectivity index (χ2n) is 10.1. The van der Waals surface area contributed by atoms with E-state index in [9.17, 15) is 8.78 Å². The van der Waals surface area contributed by atoms with Crippen LogP contribution in [-0.4, -0.2) is 47.1 Å². The molecule has 2 aromatic carbocycles. The Kier molecular flexibility index (Phi) is 13.5. The third kappa shape index (κ3) is 10.3. The average molecular weight is 645 g/mol. The molecule has 8 nitrogen and oxygen atoms in total. The van der Waals surface area contributed by atoms with E-state index in [2.05, 4.69) is 48.9 Å². The van der Waals surface area contributed by atoms with Crippen LogP contribution in [0.2, 0.25) is 0 Å². The molecule has 3 N–H and O–H groups in total. The number of pyridine rings is 2. The summed E-state index contributed by atoms with van der Waals surface area (Å²) in [6.07, 6.45) is 3.45. The maximum Gasteiger partial charge on any atom is 0.488 e. The van der Waals surface area contributed by atoms with Gasteiger partial charge in [-0.3, -0.25) is 5.10 Å². The van der Waals surface area contributed by atoms with Gasteiger partial charge in [-0.1, -0.05) is 43.5 Å². The molecule has 0 fully saturated rings. The lowest BCUT2D eigenvalue weighted by molar-refractivity contribution is 0.425. The smallest absolute Gasteiger partial charge is 0.423 e. The number of aromatic nitrogens is 6. The first-order valence-electron chi connectivity index (χ1n) is 14.4. The Bertz CT molecular complexity index is 2000. The highest BCUT2D eigenvalue weighted by molar-refractivity contribution is 6.58. The largest absolute Gasteiger partial charge is 0.488 e. The number of aromatic amines is 1. The number of benzene rings is 2. The standard InChI is InChI=1S/C18H14FN3.C12H11N3.C6H6BFO2.CH4/c1-13-18(11-8-16-5-3-4-12-20-16)14(2)22(21-13)17-9-6-15(19)7-10-17;1-9-12(10(2)15-14-9)7-6-11-5-3-4-8-13-11;8-6-3-1-5(2-4-6)7(9)10;/h3-7,9-10,12H,1-2H3;3-5,8H,1-2H3,(H,14,15);1-4,9-10H;1H4. The minimum absolute atomic E-state index is 0. The van der Waals surface area contributed by atoms with E-state index in [0.29, 0.717) is 5.46 Å². The maximum atomic E-state index is 13.0. The van der Waals surface area contributed by atoms with Gasteiger partial charge in [0.2, 0.25) is 0 Å². The van der Waals surface area contributed by atoms with Gasteiger partial charge < -0.3 is 10.0 Å². The predicted molar refractivity (Wildman–Crippen MR) is 184 cm³/mol. The summed E-state index contributed by atoms with van der Waals surface area (Å²) < 4.78 is 27.0. The predicted octanol–water partition coefficient (Wildman–Crippen LogP) is 5.39. The minimum Gasteiger partial charge on any atom is -0.423 e. The van der Waals surface area contributed by atoms with Gasteiger partial charge in [0.15, 0.2) is 0 Å². The summed E-state index contributed by atoms with van der Waals surface area (Å²) in [7, 11) is -1.51. The molecular formula is C37H35BF2N6O2. The van der Waals surface area contributed by atoms with Crippen molar-refractivity contribution in [3.8, 4) is 29.4 Å². The molecule has 11 heteroatoms. The van der Waals surface area contributed by atoms with Gasteiger partial charge >= 0.3 is 7.12 Å². The molecule has 4 heterocycles. The molecule has 0 aliphatic heterocycles. The summed E-state index contributed by atoms with van der Waals surface area (Å²) in [6.45, 7) is 7.76. The summed E-state index contributed by atoms with van der Waals surface area (Å²) in [5.41, 5.74) is 8.11. The molecule has 48 heavy (non-hydrogen) atoms. The Hall–Kier alpha value is -5.88. The Morgan fingerprint density at radius 2 is 1.19 bits per heavy atom. The van der Waals surface area contributed by atoms with Gasteiger partial charge in [-0.25, -0.2) is 23.4 Å². The first-order valence-corrected chi connectivity index (χ1v) is 14.4. The van der Waals surface area contributed by atoms with Crippen molar-refractivity contribution in [2.24, 2.45) is 0 Å². The van der Waals surface area contributed by atoms with Gasteiger partial charge in [-0.15, -0.1) is 0 Å². The quantitative estimate of drug-likeness (QED) is 0.172. The van der Waals surface area contributed by atoms with Crippen molar-refractivity contribution in [3.63, 3.8) is 0 Å². The molecule has 6 aromatic rings. The molecule has 0 saturated heterocycles. The van der Waals surface area contributed by atoms with Crippen molar-refractivity contribution in [2.45, 2.75) is 35.1 Å². The molecule has 4 aromatic heterocycles. The van der Waals surface area contributed by atoms with Crippen molar-refractivity contribution in [1.29, 1.82) is 0 Å². The van der Waals surface area contributed by atoms with Crippen LogP contribution < -0.4 is 5.46 Å². The van der Waals surface area contributed by atoms with Crippen LogP contribution in [0.5, 0.6) is 0 Å². The monoisotopic (exact) mass is 644 g/mol. The van der Waals surface area contributed by atoms with E-state index in [0.717, 1.165) is 51.0 Å². The Morgan fingerprint density at radius 1 is 0.667 bits per heavy atom. The summed E-state index contributed by atoms with van der Waals surface area (Å²) in [5.74, 6) is 11.6. The molecule has 6 rings (SSSR count). The second-order valence-corrected chi connectivity index (χ2v) is 10.1. The molecule has 242 valence electrons.